The minimum absolute atomic E-state index is 0.00437. The molecule has 1 amide bonds. The van der Waals surface area contributed by atoms with Gasteiger partial charge in [0.25, 0.3) is 0 Å². The van der Waals surface area contributed by atoms with Gasteiger partial charge in [0.2, 0.25) is 5.91 Å². The van der Waals surface area contributed by atoms with Crippen LogP contribution in [0.25, 0.3) is 0 Å². The first-order chi connectivity index (χ1) is 18.3. The van der Waals surface area contributed by atoms with Gasteiger partial charge in [-0.05, 0) is 79.3 Å². The van der Waals surface area contributed by atoms with Crippen LogP contribution in [0.3, 0.4) is 0 Å². The number of Topliss-reactive ketones (excluding diaryl/α,β-unsaturated/α-hetero) is 1. The molecular weight excluding hydrogens is 557 g/mol. The number of hydrogen-bond acceptors (Lipinski definition) is 4. The van der Waals surface area contributed by atoms with Crippen molar-refractivity contribution in [2.24, 2.45) is 0 Å². The Morgan fingerprint density at radius 2 is 1.47 bits per heavy atom. The van der Waals surface area contributed by atoms with Gasteiger partial charge >= 0.3 is 0 Å². The Kier molecular flexibility index (Phi) is 9.42. The Balaban J connectivity index is 1.48. The zero-order chi connectivity index (χ0) is 27.1. The van der Waals surface area contributed by atoms with E-state index in [-0.39, 0.29) is 11.7 Å². The summed E-state index contributed by atoms with van der Waals surface area (Å²) in [5.41, 5.74) is 3.46. The maximum atomic E-state index is 13.4. The zero-order valence-electron chi connectivity index (χ0n) is 20.2. The summed E-state index contributed by atoms with van der Waals surface area (Å²) < 4.78 is 0. The second-order valence-corrected chi connectivity index (χ2v) is 10.6. The number of thiocarbonyl (C=S) groups is 1. The summed E-state index contributed by atoms with van der Waals surface area (Å²) in [6.45, 7) is 1.53. The number of thioether (sulfide) groups is 1. The molecule has 1 unspecified atom stereocenters. The summed E-state index contributed by atoms with van der Waals surface area (Å²) >= 11 is 19.3. The number of amides is 1. The second-order valence-electron chi connectivity index (χ2n) is 8.24. The summed E-state index contributed by atoms with van der Waals surface area (Å²) in [7, 11) is 0. The molecule has 38 heavy (non-hydrogen) atoms. The van der Waals surface area contributed by atoms with Crippen LogP contribution in [0.5, 0.6) is 0 Å². The molecular formula is C29H23Cl2N3O2S2. The predicted octanol–water partition coefficient (Wildman–Crippen LogP) is 8.48. The van der Waals surface area contributed by atoms with Gasteiger partial charge in [-0.1, -0.05) is 65.7 Å². The smallest absolute Gasteiger partial charge is 0.242 e. The largest absolute Gasteiger partial charge is 0.332 e. The van der Waals surface area contributed by atoms with E-state index in [4.69, 9.17) is 35.4 Å². The Bertz CT molecular complexity index is 1460. The number of nitrogens with one attached hydrogen (secondary N) is 3. The average Bonchev–Trinajstić information content (AvgIpc) is 2.91. The molecule has 0 bridgehead atoms. The molecule has 5 nitrogen and oxygen atoms in total. The van der Waals surface area contributed by atoms with Gasteiger partial charge in [-0.15, -0.1) is 11.8 Å². The van der Waals surface area contributed by atoms with E-state index in [9.17, 15) is 9.59 Å². The van der Waals surface area contributed by atoms with Crippen molar-refractivity contribution in [2.75, 3.05) is 16.0 Å². The van der Waals surface area contributed by atoms with E-state index in [1.807, 2.05) is 54.6 Å². The Morgan fingerprint density at radius 1 is 0.789 bits per heavy atom. The number of carbonyl (C=O) groups excluding carboxylic acids is 2. The monoisotopic (exact) mass is 579 g/mol. The lowest BCUT2D eigenvalue weighted by Crippen LogP contribution is -2.20. The summed E-state index contributed by atoms with van der Waals surface area (Å²) in [5, 5.41) is 9.71. The first-order valence-corrected chi connectivity index (χ1v) is 13.6. The maximum Gasteiger partial charge on any atom is 0.242 e. The lowest BCUT2D eigenvalue weighted by Gasteiger charge is -2.18. The van der Waals surface area contributed by atoms with E-state index in [2.05, 4.69) is 16.0 Å². The molecule has 0 fully saturated rings. The van der Waals surface area contributed by atoms with E-state index in [1.165, 1.54) is 18.7 Å². The van der Waals surface area contributed by atoms with E-state index >= 15 is 0 Å². The van der Waals surface area contributed by atoms with E-state index in [0.29, 0.717) is 26.4 Å². The Morgan fingerprint density at radius 3 is 2.18 bits per heavy atom. The topological polar surface area (TPSA) is 70.2 Å². The molecule has 0 radical (unpaired) electrons. The number of ketones is 1. The fraction of sp³-hybridized carbons (Fsp3) is 0.0690. The van der Waals surface area contributed by atoms with Crippen LogP contribution < -0.4 is 16.0 Å². The normalized spacial score (nSPS) is 11.3. The second kappa shape index (κ2) is 12.9. The van der Waals surface area contributed by atoms with Crippen molar-refractivity contribution >= 4 is 81.0 Å². The van der Waals surface area contributed by atoms with Gasteiger partial charge in [0.15, 0.2) is 10.9 Å². The minimum atomic E-state index is -0.550. The van der Waals surface area contributed by atoms with Crippen molar-refractivity contribution in [2.45, 2.75) is 17.1 Å². The van der Waals surface area contributed by atoms with Crippen LogP contribution in [0, 0.1) is 0 Å². The molecule has 3 N–H and O–H groups in total. The highest BCUT2D eigenvalue weighted by molar-refractivity contribution is 8.00. The van der Waals surface area contributed by atoms with Crippen LogP contribution in [0.4, 0.5) is 17.1 Å². The third-order valence-electron chi connectivity index (χ3n) is 5.45. The molecule has 0 aliphatic rings. The van der Waals surface area contributed by atoms with Gasteiger partial charge < -0.3 is 16.0 Å². The molecule has 4 aromatic rings. The van der Waals surface area contributed by atoms with Crippen LogP contribution in [0.1, 0.15) is 28.1 Å². The summed E-state index contributed by atoms with van der Waals surface area (Å²) in [6, 6.07) is 29.4. The first-order valence-electron chi connectivity index (χ1n) is 11.6. The summed E-state index contributed by atoms with van der Waals surface area (Å²) in [5.74, 6) is -0.223. The highest BCUT2D eigenvalue weighted by atomic mass is 35.5. The molecule has 0 aliphatic carbocycles. The molecule has 0 heterocycles. The SMILES string of the molecule is CC(=O)c1ccc(NC(=S)Nc2cccc(SC(C(=O)Nc3cccc(Cl)c3Cl)c3ccccc3)c2)cc1. The molecule has 9 heteroatoms. The number of carbonyl (C=O) groups is 2. The van der Waals surface area contributed by atoms with Crippen LogP contribution in [0.2, 0.25) is 10.0 Å². The molecule has 0 spiro atoms. The highest BCUT2D eigenvalue weighted by Gasteiger charge is 2.23. The van der Waals surface area contributed by atoms with Crippen molar-refractivity contribution in [3.63, 3.8) is 0 Å². The molecule has 0 aliphatic heterocycles. The first kappa shape index (κ1) is 27.7. The quantitative estimate of drug-likeness (QED) is 0.110. The van der Waals surface area contributed by atoms with Crippen LogP contribution >= 0.6 is 47.2 Å². The molecule has 4 aromatic carbocycles. The van der Waals surface area contributed by atoms with E-state index in [1.54, 1.807) is 42.5 Å². The van der Waals surface area contributed by atoms with E-state index < -0.39 is 5.25 Å². The van der Waals surface area contributed by atoms with Gasteiger partial charge in [-0.2, -0.15) is 0 Å². The third-order valence-corrected chi connectivity index (χ3v) is 7.72. The van der Waals surface area contributed by atoms with Gasteiger partial charge in [0, 0.05) is 21.8 Å². The van der Waals surface area contributed by atoms with Crippen LogP contribution in [-0.4, -0.2) is 16.8 Å². The van der Waals surface area contributed by atoms with Gasteiger partial charge in [0.1, 0.15) is 5.25 Å². The standard InChI is InChI=1S/C29H23Cl2N3O2S2/c1-18(35)19-13-15-21(16-14-19)32-29(37)33-22-9-5-10-23(17-22)38-27(20-7-3-2-4-8-20)28(36)34-25-12-6-11-24(30)26(25)31/h2-17,27H,1H3,(H,34,36)(H2,32,33,37). The molecule has 0 saturated heterocycles. The number of benzene rings is 4. The van der Waals surface area contributed by atoms with Crippen LogP contribution in [-0.2, 0) is 4.79 Å². The Labute approximate surface area is 240 Å². The lowest BCUT2D eigenvalue weighted by atomic mass is 10.1. The molecule has 4 rings (SSSR count). The number of rotatable bonds is 8. The van der Waals surface area contributed by atoms with Crippen molar-refractivity contribution in [3.05, 3.63) is 118 Å². The maximum absolute atomic E-state index is 13.4. The number of halogens is 2. The fourth-order valence-corrected chi connectivity index (χ4v) is 5.23. The Hall–Kier alpha value is -3.36. The van der Waals surface area contributed by atoms with Gasteiger partial charge in [0.05, 0.1) is 15.7 Å². The predicted molar refractivity (Wildman–Crippen MR) is 163 cm³/mol. The fourth-order valence-electron chi connectivity index (χ4n) is 3.56. The third kappa shape index (κ3) is 7.36. The van der Waals surface area contributed by atoms with Crippen molar-refractivity contribution in [3.8, 4) is 0 Å². The highest BCUT2D eigenvalue weighted by Crippen LogP contribution is 2.38. The van der Waals surface area contributed by atoms with E-state index in [0.717, 1.165) is 21.8 Å². The summed E-state index contributed by atoms with van der Waals surface area (Å²) in [4.78, 5) is 25.8. The van der Waals surface area contributed by atoms with Crippen molar-refractivity contribution in [1.82, 2.24) is 0 Å². The molecule has 192 valence electrons. The molecule has 1 atom stereocenters. The minimum Gasteiger partial charge on any atom is -0.332 e. The molecule has 0 aromatic heterocycles. The number of anilines is 3. The molecule has 0 saturated carbocycles. The van der Waals surface area contributed by atoms with Gasteiger partial charge in [-0.25, -0.2) is 0 Å². The average molecular weight is 581 g/mol. The van der Waals surface area contributed by atoms with Crippen LogP contribution in [0.15, 0.2) is 102 Å². The van der Waals surface area contributed by atoms with Gasteiger partial charge in [-0.3, -0.25) is 9.59 Å². The summed E-state index contributed by atoms with van der Waals surface area (Å²) in [6.07, 6.45) is 0. The lowest BCUT2D eigenvalue weighted by molar-refractivity contribution is -0.115. The number of hydrogen-bond donors (Lipinski definition) is 3. The van der Waals surface area contributed by atoms with Crippen molar-refractivity contribution in [1.29, 1.82) is 0 Å². The van der Waals surface area contributed by atoms with Crippen molar-refractivity contribution < 1.29 is 9.59 Å². The zero-order valence-corrected chi connectivity index (χ0v) is 23.3.